The third-order valence-corrected chi connectivity index (χ3v) is 4.05. The minimum atomic E-state index is -0.638. The van der Waals surface area contributed by atoms with Crippen LogP contribution in [0.5, 0.6) is 11.6 Å². The van der Waals surface area contributed by atoms with E-state index in [1.165, 1.54) is 0 Å². The second kappa shape index (κ2) is 8.81. The topological polar surface area (TPSA) is 105 Å². The Morgan fingerprint density at radius 1 is 1.11 bits per heavy atom. The van der Waals surface area contributed by atoms with Crippen LogP contribution in [0.2, 0.25) is 0 Å². The van der Waals surface area contributed by atoms with Crippen LogP contribution in [0.4, 0.5) is 5.69 Å². The van der Waals surface area contributed by atoms with E-state index in [9.17, 15) is 14.7 Å². The first-order chi connectivity index (χ1) is 13.6. The van der Waals surface area contributed by atoms with Gasteiger partial charge in [-0.25, -0.2) is 0 Å². The van der Waals surface area contributed by atoms with Crippen LogP contribution in [0.1, 0.15) is 6.92 Å². The molecule has 0 fully saturated rings. The maximum Gasteiger partial charge on any atom is 0.283 e. The number of rotatable bonds is 7. The SMILES string of the molecule is CCn1c(O)c(N=NC(=O)CNC(=O)COc2ccccc2)c2ccccc21. The summed E-state index contributed by atoms with van der Waals surface area (Å²) in [4.78, 5) is 23.7. The summed E-state index contributed by atoms with van der Waals surface area (Å²) in [7, 11) is 0. The van der Waals surface area contributed by atoms with Crippen molar-refractivity contribution in [3.05, 3.63) is 54.6 Å². The summed E-state index contributed by atoms with van der Waals surface area (Å²) in [6.45, 7) is 1.92. The number of hydrogen-bond acceptors (Lipinski definition) is 5. The number of nitrogens with zero attached hydrogens (tertiary/aromatic N) is 3. The highest BCUT2D eigenvalue weighted by molar-refractivity contribution is 5.95. The van der Waals surface area contributed by atoms with E-state index in [1.54, 1.807) is 34.9 Å². The van der Waals surface area contributed by atoms with E-state index in [2.05, 4.69) is 15.5 Å². The first-order valence-electron chi connectivity index (χ1n) is 8.79. The normalized spacial score (nSPS) is 11.0. The molecule has 0 radical (unpaired) electrons. The van der Waals surface area contributed by atoms with Gasteiger partial charge >= 0.3 is 0 Å². The van der Waals surface area contributed by atoms with E-state index in [-0.39, 0.29) is 24.7 Å². The summed E-state index contributed by atoms with van der Waals surface area (Å²) in [5.74, 6) is -0.578. The number of hydrogen-bond donors (Lipinski definition) is 2. The summed E-state index contributed by atoms with van der Waals surface area (Å²) in [6, 6.07) is 16.2. The van der Waals surface area contributed by atoms with Gasteiger partial charge in [-0.2, -0.15) is 0 Å². The molecule has 0 saturated carbocycles. The van der Waals surface area contributed by atoms with Crippen molar-refractivity contribution in [1.82, 2.24) is 9.88 Å². The lowest BCUT2D eigenvalue weighted by Gasteiger charge is -2.05. The van der Waals surface area contributed by atoms with Gasteiger partial charge in [0, 0.05) is 11.9 Å². The average Bonchev–Trinajstić information content (AvgIpc) is 3.00. The van der Waals surface area contributed by atoms with Gasteiger partial charge in [0.05, 0.1) is 5.52 Å². The zero-order chi connectivity index (χ0) is 19.9. The van der Waals surface area contributed by atoms with Crippen LogP contribution < -0.4 is 10.1 Å². The average molecular weight is 380 g/mol. The van der Waals surface area contributed by atoms with E-state index >= 15 is 0 Å². The lowest BCUT2D eigenvalue weighted by molar-refractivity contribution is -0.126. The maximum atomic E-state index is 11.9. The van der Waals surface area contributed by atoms with Crippen LogP contribution in [-0.2, 0) is 16.1 Å². The molecule has 0 aliphatic rings. The highest BCUT2D eigenvalue weighted by atomic mass is 16.5. The molecule has 3 aromatic rings. The molecule has 0 atom stereocenters. The fourth-order valence-corrected chi connectivity index (χ4v) is 2.72. The predicted octanol–water partition coefficient (Wildman–Crippen LogP) is 3.17. The standard InChI is InChI=1S/C20H20N4O4/c1-2-24-16-11-7-6-10-15(16)19(20(24)27)23-22-17(25)12-21-18(26)13-28-14-8-4-3-5-9-14/h3-11,27H,2,12-13H2,1H3,(H,21,26). The predicted molar refractivity (Wildman–Crippen MR) is 104 cm³/mol. The molecule has 1 heterocycles. The molecule has 0 aliphatic carbocycles. The molecule has 0 aliphatic heterocycles. The maximum absolute atomic E-state index is 11.9. The third kappa shape index (κ3) is 4.35. The Labute approximate surface area is 161 Å². The van der Waals surface area contributed by atoms with Crippen molar-refractivity contribution in [2.75, 3.05) is 13.2 Å². The smallest absolute Gasteiger partial charge is 0.283 e. The summed E-state index contributed by atoms with van der Waals surface area (Å²) in [5, 5.41) is 20.9. The lowest BCUT2D eigenvalue weighted by atomic mass is 10.2. The van der Waals surface area contributed by atoms with Crippen LogP contribution in [0.15, 0.2) is 64.8 Å². The fourth-order valence-electron chi connectivity index (χ4n) is 2.72. The van der Waals surface area contributed by atoms with Gasteiger partial charge in [-0.3, -0.25) is 9.59 Å². The lowest BCUT2D eigenvalue weighted by Crippen LogP contribution is -2.32. The Hall–Kier alpha value is -3.68. The molecule has 2 N–H and O–H groups in total. The number of aryl methyl sites for hydroxylation is 1. The van der Waals surface area contributed by atoms with Gasteiger partial charge in [0.15, 0.2) is 12.3 Å². The molecule has 0 bridgehead atoms. The number of fused-ring (bicyclic) bond motifs is 1. The van der Waals surface area contributed by atoms with Gasteiger partial charge in [-0.05, 0) is 25.1 Å². The molecule has 144 valence electrons. The van der Waals surface area contributed by atoms with Gasteiger partial charge in [-0.1, -0.05) is 36.4 Å². The molecule has 8 heteroatoms. The van der Waals surface area contributed by atoms with E-state index in [4.69, 9.17) is 4.74 Å². The molecule has 2 aromatic carbocycles. The quantitative estimate of drug-likeness (QED) is 0.614. The number of amides is 2. The summed E-state index contributed by atoms with van der Waals surface area (Å²) in [6.07, 6.45) is 0. The van der Waals surface area contributed by atoms with Crippen molar-refractivity contribution in [3.63, 3.8) is 0 Å². The first-order valence-corrected chi connectivity index (χ1v) is 8.79. The number of ether oxygens (including phenoxy) is 1. The van der Waals surface area contributed by atoms with Crippen LogP contribution in [0.25, 0.3) is 10.9 Å². The second-order valence-corrected chi connectivity index (χ2v) is 5.91. The summed E-state index contributed by atoms with van der Waals surface area (Å²) >= 11 is 0. The molecule has 3 rings (SSSR count). The Morgan fingerprint density at radius 3 is 2.57 bits per heavy atom. The van der Waals surface area contributed by atoms with Crippen molar-refractivity contribution in [2.24, 2.45) is 10.2 Å². The summed E-state index contributed by atoms with van der Waals surface area (Å²) in [5.41, 5.74) is 1.03. The van der Waals surface area contributed by atoms with Crippen molar-refractivity contribution in [1.29, 1.82) is 0 Å². The highest BCUT2D eigenvalue weighted by Crippen LogP contribution is 2.38. The molecule has 8 nitrogen and oxygen atoms in total. The fraction of sp³-hybridized carbons (Fsp3) is 0.200. The summed E-state index contributed by atoms with van der Waals surface area (Å²) < 4.78 is 6.97. The zero-order valence-corrected chi connectivity index (χ0v) is 15.3. The Morgan fingerprint density at radius 2 is 1.82 bits per heavy atom. The Bertz CT molecular complexity index is 1010. The minimum absolute atomic E-state index is 0.0550. The van der Waals surface area contributed by atoms with Gasteiger partial charge in [0.25, 0.3) is 11.8 Å². The molecular formula is C20H20N4O4. The second-order valence-electron chi connectivity index (χ2n) is 5.91. The number of benzene rings is 2. The van der Waals surface area contributed by atoms with Crippen molar-refractivity contribution in [2.45, 2.75) is 13.5 Å². The van der Waals surface area contributed by atoms with E-state index < -0.39 is 11.8 Å². The van der Waals surface area contributed by atoms with Crippen LogP contribution in [-0.4, -0.2) is 34.6 Å². The molecular weight excluding hydrogens is 360 g/mol. The number of aromatic nitrogens is 1. The zero-order valence-electron chi connectivity index (χ0n) is 15.3. The number of azo groups is 1. The van der Waals surface area contributed by atoms with Crippen LogP contribution in [0.3, 0.4) is 0 Å². The largest absolute Gasteiger partial charge is 0.493 e. The number of aromatic hydroxyl groups is 1. The van der Waals surface area contributed by atoms with E-state index in [1.807, 2.05) is 31.2 Å². The van der Waals surface area contributed by atoms with E-state index in [0.29, 0.717) is 17.7 Å². The van der Waals surface area contributed by atoms with Crippen molar-refractivity contribution < 1.29 is 19.4 Å². The minimum Gasteiger partial charge on any atom is -0.493 e. The number of nitrogens with one attached hydrogen (secondary N) is 1. The Balaban J connectivity index is 1.58. The Kier molecular flexibility index (Phi) is 6.01. The van der Waals surface area contributed by atoms with Crippen LogP contribution >= 0.6 is 0 Å². The molecule has 0 saturated heterocycles. The molecule has 0 unspecified atom stereocenters. The number of para-hydroxylation sites is 2. The van der Waals surface area contributed by atoms with Gasteiger partial charge in [0.1, 0.15) is 12.3 Å². The van der Waals surface area contributed by atoms with Crippen LogP contribution in [0, 0.1) is 0 Å². The monoisotopic (exact) mass is 380 g/mol. The highest BCUT2D eigenvalue weighted by Gasteiger charge is 2.15. The molecule has 1 aromatic heterocycles. The molecule has 0 spiro atoms. The number of carbonyl (C=O) groups is 2. The third-order valence-electron chi connectivity index (χ3n) is 4.05. The van der Waals surface area contributed by atoms with E-state index in [0.717, 1.165) is 5.52 Å². The number of carbonyl (C=O) groups excluding carboxylic acids is 2. The molecule has 28 heavy (non-hydrogen) atoms. The molecule has 2 amide bonds. The van der Waals surface area contributed by atoms with Gasteiger partial charge in [0.2, 0.25) is 5.88 Å². The van der Waals surface area contributed by atoms with Crippen molar-refractivity contribution >= 4 is 28.4 Å². The first kappa shape index (κ1) is 19.1. The van der Waals surface area contributed by atoms with Gasteiger partial charge in [-0.15, -0.1) is 10.2 Å². The van der Waals surface area contributed by atoms with Crippen molar-refractivity contribution in [3.8, 4) is 11.6 Å². The van der Waals surface area contributed by atoms with Gasteiger partial charge < -0.3 is 19.7 Å².